The molecule has 1 aliphatic rings. The van der Waals surface area contributed by atoms with Crippen LogP contribution in [0.15, 0.2) is 54.7 Å². The number of hydrogen-bond donors (Lipinski definition) is 1. The Balaban J connectivity index is 1.51. The van der Waals surface area contributed by atoms with Gasteiger partial charge in [0.05, 0.1) is 5.69 Å². The maximum absolute atomic E-state index is 4.37. The van der Waals surface area contributed by atoms with Gasteiger partial charge in [0.15, 0.2) is 0 Å². The number of pyridine rings is 1. The Labute approximate surface area is 127 Å². The molecule has 2 heterocycles. The van der Waals surface area contributed by atoms with Gasteiger partial charge >= 0.3 is 0 Å². The van der Waals surface area contributed by atoms with E-state index in [1.807, 2.05) is 18.3 Å². The molecule has 0 saturated carbocycles. The average molecular weight is 281 g/mol. The first kappa shape index (κ1) is 14.2. The van der Waals surface area contributed by atoms with E-state index in [0.29, 0.717) is 12.1 Å². The molecule has 1 aromatic heterocycles. The summed E-state index contributed by atoms with van der Waals surface area (Å²) in [7, 11) is 0. The summed E-state index contributed by atoms with van der Waals surface area (Å²) in [6.07, 6.45) is 3.07. The van der Waals surface area contributed by atoms with Crippen molar-refractivity contribution >= 4 is 0 Å². The number of rotatable bonds is 5. The molecule has 2 aromatic rings. The molecule has 0 bridgehead atoms. The lowest BCUT2D eigenvalue weighted by Gasteiger charge is -2.24. The zero-order valence-electron chi connectivity index (χ0n) is 12.6. The van der Waals surface area contributed by atoms with Crippen LogP contribution in [0.3, 0.4) is 0 Å². The van der Waals surface area contributed by atoms with E-state index in [9.17, 15) is 0 Å². The fourth-order valence-electron chi connectivity index (χ4n) is 3.00. The third kappa shape index (κ3) is 3.69. The van der Waals surface area contributed by atoms with Crippen LogP contribution < -0.4 is 5.32 Å². The number of benzene rings is 1. The fourth-order valence-corrected chi connectivity index (χ4v) is 3.00. The number of nitrogens with one attached hydrogen (secondary N) is 1. The maximum Gasteiger partial charge on any atom is 0.0541 e. The highest BCUT2D eigenvalue weighted by molar-refractivity contribution is 5.18. The van der Waals surface area contributed by atoms with Gasteiger partial charge in [0.25, 0.3) is 0 Å². The van der Waals surface area contributed by atoms with E-state index >= 15 is 0 Å². The van der Waals surface area contributed by atoms with E-state index in [1.54, 1.807) is 0 Å². The maximum atomic E-state index is 4.37. The van der Waals surface area contributed by atoms with Crippen molar-refractivity contribution in [2.45, 2.75) is 32.0 Å². The van der Waals surface area contributed by atoms with Gasteiger partial charge in [0.1, 0.15) is 0 Å². The van der Waals surface area contributed by atoms with Crippen LogP contribution in [0.25, 0.3) is 0 Å². The van der Waals surface area contributed by atoms with Crippen molar-refractivity contribution in [3.8, 4) is 0 Å². The Hall–Kier alpha value is -1.71. The molecule has 1 N–H and O–H groups in total. The molecule has 0 amide bonds. The number of likely N-dealkylation sites (tertiary alicyclic amines) is 1. The summed E-state index contributed by atoms with van der Waals surface area (Å²) >= 11 is 0. The van der Waals surface area contributed by atoms with E-state index in [-0.39, 0.29) is 0 Å². The lowest BCUT2D eigenvalue weighted by Crippen LogP contribution is -2.33. The van der Waals surface area contributed by atoms with Crippen LogP contribution in [-0.2, 0) is 6.54 Å². The minimum absolute atomic E-state index is 0.493. The van der Waals surface area contributed by atoms with Gasteiger partial charge in [0.2, 0.25) is 0 Å². The van der Waals surface area contributed by atoms with Gasteiger partial charge in [-0.15, -0.1) is 0 Å². The van der Waals surface area contributed by atoms with Crippen LogP contribution in [-0.4, -0.2) is 29.0 Å². The van der Waals surface area contributed by atoms with Crippen LogP contribution in [0.2, 0.25) is 0 Å². The normalized spacial score (nSPS) is 20.5. The predicted molar refractivity (Wildman–Crippen MR) is 85.9 cm³/mol. The van der Waals surface area contributed by atoms with Gasteiger partial charge in [-0.2, -0.15) is 0 Å². The van der Waals surface area contributed by atoms with Crippen LogP contribution in [0.4, 0.5) is 0 Å². The third-order valence-corrected chi connectivity index (χ3v) is 4.35. The first-order chi connectivity index (χ1) is 10.3. The topological polar surface area (TPSA) is 28.2 Å². The minimum atomic E-state index is 0.493. The molecule has 0 radical (unpaired) electrons. The number of nitrogens with zero attached hydrogens (tertiary/aromatic N) is 2. The van der Waals surface area contributed by atoms with E-state index in [4.69, 9.17) is 0 Å². The summed E-state index contributed by atoms with van der Waals surface area (Å²) in [5.74, 6) is 0. The monoisotopic (exact) mass is 281 g/mol. The second-order valence-corrected chi connectivity index (χ2v) is 5.77. The SMILES string of the molecule is C[C@H](c1ccccc1)N1CC[C@H](NCc2ccccn2)C1. The van der Waals surface area contributed by atoms with Crippen molar-refractivity contribution in [3.63, 3.8) is 0 Å². The molecular formula is C18H23N3. The molecule has 3 nitrogen and oxygen atoms in total. The van der Waals surface area contributed by atoms with Gasteiger partial charge in [-0.25, -0.2) is 0 Å². The summed E-state index contributed by atoms with van der Waals surface area (Å²) in [4.78, 5) is 6.93. The molecule has 2 atom stereocenters. The van der Waals surface area contributed by atoms with Crippen molar-refractivity contribution in [1.29, 1.82) is 0 Å². The Kier molecular flexibility index (Phi) is 4.63. The van der Waals surface area contributed by atoms with Crippen molar-refractivity contribution in [2.75, 3.05) is 13.1 Å². The quantitative estimate of drug-likeness (QED) is 0.913. The van der Waals surface area contributed by atoms with Crippen molar-refractivity contribution in [2.24, 2.45) is 0 Å². The van der Waals surface area contributed by atoms with Gasteiger partial charge in [-0.1, -0.05) is 36.4 Å². The first-order valence-electron chi connectivity index (χ1n) is 7.75. The lowest BCUT2D eigenvalue weighted by molar-refractivity contribution is 0.255. The highest BCUT2D eigenvalue weighted by Crippen LogP contribution is 2.24. The van der Waals surface area contributed by atoms with E-state index in [0.717, 1.165) is 25.3 Å². The molecule has 3 rings (SSSR count). The highest BCUT2D eigenvalue weighted by atomic mass is 15.2. The van der Waals surface area contributed by atoms with Crippen molar-refractivity contribution in [3.05, 3.63) is 66.0 Å². The molecule has 1 aromatic carbocycles. The molecule has 0 aliphatic carbocycles. The number of hydrogen-bond acceptors (Lipinski definition) is 3. The minimum Gasteiger partial charge on any atom is -0.307 e. The zero-order chi connectivity index (χ0) is 14.5. The van der Waals surface area contributed by atoms with Gasteiger partial charge in [-0.05, 0) is 31.0 Å². The van der Waals surface area contributed by atoms with Gasteiger partial charge in [0, 0.05) is 37.9 Å². The van der Waals surface area contributed by atoms with Crippen LogP contribution in [0.1, 0.15) is 30.6 Å². The van der Waals surface area contributed by atoms with E-state index in [1.165, 1.54) is 12.0 Å². The Morgan fingerprint density at radius 3 is 2.76 bits per heavy atom. The van der Waals surface area contributed by atoms with Gasteiger partial charge < -0.3 is 5.32 Å². The molecule has 3 heteroatoms. The highest BCUT2D eigenvalue weighted by Gasteiger charge is 2.26. The molecule has 1 fully saturated rings. The molecule has 0 unspecified atom stereocenters. The summed E-state index contributed by atoms with van der Waals surface area (Å²) in [6, 6.07) is 17.9. The Morgan fingerprint density at radius 2 is 2.00 bits per heavy atom. The third-order valence-electron chi connectivity index (χ3n) is 4.35. The molecule has 0 spiro atoms. The summed E-state index contributed by atoms with van der Waals surface area (Å²) in [6.45, 7) is 5.44. The lowest BCUT2D eigenvalue weighted by atomic mass is 10.1. The number of aromatic nitrogens is 1. The smallest absolute Gasteiger partial charge is 0.0541 e. The van der Waals surface area contributed by atoms with E-state index in [2.05, 4.69) is 58.5 Å². The largest absolute Gasteiger partial charge is 0.307 e. The van der Waals surface area contributed by atoms with Crippen molar-refractivity contribution in [1.82, 2.24) is 15.2 Å². The molecule has 21 heavy (non-hydrogen) atoms. The molecule has 1 saturated heterocycles. The Bertz CT molecular complexity index is 541. The van der Waals surface area contributed by atoms with Crippen LogP contribution in [0, 0.1) is 0 Å². The van der Waals surface area contributed by atoms with Crippen molar-refractivity contribution < 1.29 is 0 Å². The predicted octanol–water partition coefficient (Wildman–Crippen LogP) is 3.01. The average Bonchev–Trinajstić information content (AvgIpc) is 3.03. The fraction of sp³-hybridized carbons (Fsp3) is 0.389. The summed E-state index contributed by atoms with van der Waals surface area (Å²) in [5, 5.41) is 3.63. The zero-order valence-corrected chi connectivity index (χ0v) is 12.6. The summed E-state index contributed by atoms with van der Waals surface area (Å²) < 4.78 is 0. The Morgan fingerprint density at radius 1 is 1.19 bits per heavy atom. The van der Waals surface area contributed by atoms with Crippen LogP contribution in [0.5, 0.6) is 0 Å². The standard InChI is InChI=1S/C18H23N3/c1-15(16-7-3-2-4-8-16)21-12-10-18(14-21)20-13-17-9-5-6-11-19-17/h2-9,11,15,18,20H,10,12-14H2,1H3/t15-,18+/m1/s1. The molecule has 110 valence electrons. The second-order valence-electron chi connectivity index (χ2n) is 5.77. The van der Waals surface area contributed by atoms with Gasteiger partial charge in [-0.3, -0.25) is 9.88 Å². The molecular weight excluding hydrogens is 258 g/mol. The second kappa shape index (κ2) is 6.83. The van der Waals surface area contributed by atoms with Crippen LogP contribution >= 0.6 is 0 Å². The molecule has 1 aliphatic heterocycles. The first-order valence-corrected chi connectivity index (χ1v) is 7.75. The summed E-state index contributed by atoms with van der Waals surface area (Å²) in [5.41, 5.74) is 2.52. The van der Waals surface area contributed by atoms with E-state index < -0.39 is 0 Å².